The molecule has 0 aliphatic carbocycles. The van der Waals surface area contributed by atoms with Crippen LogP contribution in [0, 0.1) is 4.84 Å². The van der Waals surface area contributed by atoms with E-state index in [0.717, 1.165) is 11.1 Å². The Morgan fingerprint density at radius 2 is 1.90 bits per heavy atom. The summed E-state index contributed by atoms with van der Waals surface area (Å²) in [5.74, 6) is 0.582. The SMILES string of the molecule is CCOC(OCC)[C@@]1(C)Oc2ccc(N)cc2[C@@H](n2c(=S)oc3ccccc32)[C@H]1O. The quantitative estimate of drug-likeness (QED) is 0.346. The molecule has 0 radical (unpaired) electrons. The maximum absolute atomic E-state index is 11.7. The van der Waals surface area contributed by atoms with Gasteiger partial charge in [-0.25, -0.2) is 0 Å². The van der Waals surface area contributed by atoms with Crippen molar-refractivity contribution in [2.45, 2.75) is 44.8 Å². The molecule has 0 saturated carbocycles. The van der Waals surface area contributed by atoms with Gasteiger partial charge in [-0.1, -0.05) is 12.1 Å². The van der Waals surface area contributed by atoms with Crippen molar-refractivity contribution >= 4 is 29.0 Å². The van der Waals surface area contributed by atoms with Crippen LogP contribution in [-0.4, -0.2) is 40.9 Å². The second-order valence-corrected chi connectivity index (χ2v) is 7.77. The zero-order valence-electron chi connectivity index (χ0n) is 17.2. The Hall–Kier alpha value is -2.39. The highest BCUT2D eigenvalue weighted by atomic mass is 32.1. The first-order chi connectivity index (χ1) is 14.4. The van der Waals surface area contributed by atoms with E-state index in [-0.39, 0.29) is 4.84 Å². The summed E-state index contributed by atoms with van der Waals surface area (Å²) in [6.45, 7) is 6.34. The minimum atomic E-state index is -1.20. The van der Waals surface area contributed by atoms with Crippen molar-refractivity contribution in [1.82, 2.24) is 4.57 Å². The molecule has 2 aromatic carbocycles. The number of hydrogen-bond acceptors (Lipinski definition) is 7. The van der Waals surface area contributed by atoms with Crippen molar-refractivity contribution in [1.29, 1.82) is 0 Å². The zero-order chi connectivity index (χ0) is 21.5. The largest absolute Gasteiger partial charge is 0.479 e. The lowest BCUT2D eigenvalue weighted by molar-refractivity contribution is -0.254. The molecular formula is C22H26N2O5S. The molecule has 2 heterocycles. The van der Waals surface area contributed by atoms with Gasteiger partial charge in [0, 0.05) is 24.5 Å². The maximum atomic E-state index is 11.7. The third-order valence-electron chi connectivity index (χ3n) is 5.47. The Balaban J connectivity index is 1.95. The van der Waals surface area contributed by atoms with Gasteiger partial charge < -0.3 is 29.5 Å². The highest BCUT2D eigenvalue weighted by Crippen LogP contribution is 2.46. The monoisotopic (exact) mass is 430 g/mol. The second kappa shape index (κ2) is 8.03. The van der Waals surface area contributed by atoms with Crippen LogP contribution in [0.15, 0.2) is 46.9 Å². The van der Waals surface area contributed by atoms with Crippen LogP contribution in [0.1, 0.15) is 32.4 Å². The fourth-order valence-corrected chi connectivity index (χ4v) is 4.37. The molecule has 0 saturated heterocycles. The van der Waals surface area contributed by atoms with Crippen LogP contribution in [0.5, 0.6) is 5.75 Å². The molecular weight excluding hydrogens is 404 g/mol. The van der Waals surface area contributed by atoms with Gasteiger partial charge in [-0.15, -0.1) is 0 Å². The van der Waals surface area contributed by atoms with Gasteiger partial charge in [0.15, 0.2) is 17.5 Å². The average Bonchev–Trinajstić information content (AvgIpc) is 3.05. The summed E-state index contributed by atoms with van der Waals surface area (Å²) in [6, 6.07) is 12.3. The lowest BCUT2D eigenvalue weighted by atomic mass is 9.84. The first-order valence-electron chi connectivity index (χ1n) is 10.0. The molecule has 1 aromatic heterocycles. The summed E-state index contributed by atoms with van der Waals surface area (Å²) < 4.78 is 25.6. The van der Waals surface area contributed by atoms with Crippen LogP contribution in [0.3, 0.4) is 0 Å². The van der Waals surface area contributed by atoms with Crippen molar-refractivity contribution in [2.24, 2.45) is 0 Å². The number of hydrogen-bond donors (Lipinski definition) is 2. The maximum Gasteiger partial charge on any atom is 0.270 e. The molecule has 160 valence electrons. The number of ether oxygens (including phenoxy) is 3. The molecule has 1 aliphatic heterocycles. The minimum absolute atomic E-state index is 0.252. The Morgan fingerprint density at radius 3 is 2.60 bits per heavy atom. The molecule has 0 fully saturated rings. The summed E-state index contributed by atoms with van der Waals surface area (Å²) in [7, 11) is 0. The number of oxazole rings is 1. The van der Waals surface area contributed by atoms with Crippen molar-refractivity contribution in [2.75, 3.05) is 18.9 Å². The van der Waals surface area contributed by atoms with Crippen molar-refractivity contribution in [3.05, 3.63) is 52.9 Å². The number of aliphatic hydroxyl groups excluding tert-OH is 1. The fraction of sp³-hybridized carbons (Fsp3) is 0.409. The molecule has 0 amide bonds. The Bertz CT molecular complexity index is 1100. The second-order valence-electron chi connectivity index (χ2n) is 7.42. The number of aromatic nitrogens is 1. The standard InChI is InChI=1S/C22H26N2O5S/c1-4-26-20(27-5-2)22(3)19(25)18(14-12-13(23)10-11-16(14)29-22)24-15-8-6-7-9-17(15)28-21(24)30/h6-12,18-20,25H,4-5,23H2,1-3H3/t18-,19-,22+/m1/s1. The first kappa shape index (κ1) is 20.9. The number of nitrogen functional groups attached to an aromatic ring is 1. The Kier molecular flexibility index (Phi) is 5.59. The van der Waals surface area contributed by atoms with E-state index in [9.17, 15) is 5.11 Å². The normalized spacial score (nSPS) is 23.5. The van der Waals surface area contributed by atoms with Crippen LogP contribution >= 0.6 is 12.2 Å². The third-order valence-corrected chi connectivity index (χ3v) is 5.75. The van der Waals surface area contributed by atoms with E-state index in [0.29, 0.717) is 30.2 Å². The van der Waals surface area contributed by atoms with E-state index < -0.39 is 24.0 Å². The van der Waals surface area contributed by atoms with E-state index >= 15 is 0 Å². The van der Waals surface area contributed by atoms with Gasteiger partial charge in [0.25, 0.3) is 4.84 Å². The number of para-hydroxylation sites is 2. The number of rotatable bonds is 6. The van der Waals surface area contributed by atoms with Gasteiger partial charge in [0.05, 0.1) is 11.6 Å². The van der Waals surface area contributed by atoms with E-state index in [4.69, 9.17) is 36.6 Å². The van der Waals surface area contributed by atoms with Crippen molar-refractivity contribution in [3.8, 4) is 5.75 Å². The van der Waals surface area contributed by atoms with E-state index in [1.165, 1.54) is 0 Å². The van der Waals surface area contributed by atoms with Crippen LogP contribution in [0.25, 0.3) is 11.1 Å². The molecule has 0 spiro atoms. The molecule has 3 aromatic rings. The summed E-state index contributed by atoms with van der Waals surface area (Å²) >= 11 is 5.54. The molecule has 0 bridgehead atoms. The van der Waals surface area contributed by atoms with Gasteiger partial charge in [0.1, 0.15) is 11.9 Å². The molecule has 30 heavy (non-hydrogen) atoms. The minimum Gasteiger partial charge on any atom is -0.479 e. The zero-order valence-corrected chi connectivity index (χ0v) is 18.0. The van der Waals surface area contributed by atoms with Crippen LogP contribution in [0.2, 0.25) is 0 Å². The summed E-state index contributed by atoms with van der Waals surface area (Å²) in [5, 5.41) is 11.7. The van der Waals surface area contributed by atoms with Gasteiger partial charge in [0.2, 0.25) is 0 Å². The molecule has 8 heteroatoms. The summed E-state index contributed by atoms with van der Waals surface area (Å²) in [5.41, 5.74) is 7.56. The number of nitrogens with two attached hydrogens (primary N) is 1. The number of anilines is 1. The first-order valence-corrected chi connectivity index (χ1v) is 10.4. The topological polar surface area (TPSA) is 92.0 Å². The number of fused-ring (bicyclic) bond motifs is 2. The van der Waals surface area contributed by atoms with Crippen LogP contribution in [-0.2, 0) is 9.47 Å². The third kappa shape index (κ3) is 3.30. The average molecular weight is 431 g/mol. The Morgan fingerprint density at radius 1 is 1.20 bits per heavy atom. The van der Waals surface area contributed by atoms with Crippen molar-refractivity contribution < 1.29 is 23.7 Å². The van der Waals surface area contributed by atoms with Gasteiger partial charge >= 0.3 is 0 Å². The van der Waals surface area contributed by atoms with E-state index in [1.807, 2.05) is 42.7 Å². The molecule has 1 aliphatic rings. The number of nitrogens with zero attached hydrogens (tertiary/aromatic N) is 1. The fourth-order valence-electron chi connectivity index (χ4n) is 4.07. The molecule has 3 atom stereocenters. The molecule has 0 unspecified atom stereocenters. The molecule has 4 rings (SSSR count). The Labute approximate surface area is 180 Å². The predicted molar refractivity (Wildman–Crippen MR) is 116 cm³/mol. The number of aliphatic hydroxyl groups is 1. The smallest absolute Gasteiger partial charge is 0.270 e. The highest BCUT2D eigenvalue weighted by molar-refractivity contribution is 7.71. The molecule has 3 N–H and O–H groups in total. The summed E-state index contributed by atoms with van der Waals surface area (Å²) in [4.78, 5) is 0.252. The lowest BCUT2D eigenvalue weighted by Crippen LogP contribution is -2.61. The van der Waals surface area contributed by atoms with Gasteiger partial charge in [-0.3, -0.25) is 4.57 Å². The lowest BCUT2D eigenvalue weighted by Gasteiger charge is -2.47. The van der Waals surface area contributed by atoms with E-state index in [2.05, 4.69) is 0 Å². The van der Waals surface area contributed by atoms with Crippen LogP contribution < -0.4 is 10.5 Å². The number of benzene rings is 2. The molecule has 7 nitrogen and oxygen atoms in total. The van der Waals surface area contributed by atoms with Gasteiger partial charge in [-0.05, 0) is 63.3 Å². The highest BCUT2D eigenvalue weighted by Gasteiger charge is 2.53. The predicted octanol–water partition coefficient (Wildman–Crippen LogP) is 4.05. The van der Waals surface area contributed by atoms with Crippen LogP contribution in [0.4, 0.5) is 5.69 Å². The van der Waals surface area contributed by atoms with Gasteiger partial charge in [-0.2, -0.15) is 0 Å². The van der Waals surface area contributed by atoms with Crippen molar-refractivity contribution in [3.63, 3.8) is 0 Å². The van der Waals surface area contributed by atoms with E-state index in [1.54, 1.807) is 25.1 Å². The summed E-state index contributed by atoms with van der Waals surface area (Å²) in [6.07, 6.45) is -1.86.